The maximum Gasteiger partial charge on any atom is 0.258 e. The van der Waals surface area contributed by atoms with Crippen LogP contribution in [0.25, 0.3) is 0 Å². The molecular weight excluding hydrogens is 232 g/mol. The summed E-state index contributed by atoms with van der Waals surface area (Å²) < 4.78 is 10.1. The summed E-state index contributed by atoms with van der Waals surface area (Å²) in [6.07, 6.45) is 1.41. The van der Waals surface area contributed by atoms with Crippen molar-refractivity contribution in [2.24, 2.45) is 0 Å². The molecule has 0 radical (unpaired) electrons. The summed E-state index contributed by atoms with van der Waals surface area (Å²) in [4.78, 5) is 13.9. The molecular formula is C13H22N2O3. The van der Waals surface area contributed by atoms with Crippen molar-refractivity contribution in [2.45, 2.75) is 39.2 Å². The molecule has 0 aliphatic carbocycles. The van der Waals surface area contributed by atoms with Gasteiger partial charge in [0.25, 0.3) is 5.91 Å². The molecule has 1 rings (SSSR count). The van der Waals surface area contributed by atoms with E-state index in [1.165, 1.54) is 6.26 Å². The number of carbonyl (C=O) groups is 1. The molecule has 1 unspecified atom stereocenters. The molecule has 0 bridgehead atoms. The van der Waals surface area contributed by atoms with E-state index in [1.54, 1.807) is 19.1 Å². The highest BCUT2D eigenvalue weighted by Gasteiger charge is 2.28. The van der Waals surface area contributed by atoms with E-state index in [0.29, 0.717) is 17.8 Å². The van der Waals surface area contributed by atoms with Crippen molar-refractivity contribution in [3.8, 4) is 0 Å². The normalized spacial score (nSPS) is 13.4. The molecule has 1 amide bonds. The van der Waals surface area contributed by atoms with Crippen LogP contribution in [0.4, 0.5) is 0 Å². The quantitative estimate of drug-likeness (QED) is 0.825. The predicted molar refractivity (Wildman–Crippen MR) is 68.6 cm³/mol. The number of amides is 1. The number of hydrogen-bond donors (Lipinski definition) is 0. The summed E-state index contributed by atoms with van der Waals surface area (Å²) in [5.41, 5.74) is 0.990. The molecule has 0 aromatic carbocycles. The van der Waals surface area contributed by atoms with Gasteiger partial charge in [-0.15, -0.1) is 0 Å². The Balaban J connectivity index is 2.88. The third-order valence-electron chi connectivity index (χ3n) is 2.79. The lowest BCUT2D eigenvalue weighted by atomic mass is 9.89. The minimum Gasteiger partial charge on any atom is -0.380 e. The number of likely N-dealkylation sites (N-methyl/N-ethyl adjacent to an activating group) is 1. The van der Waals surface area contributed by atoms with Crippen LogP contribution in [-0.2, 0) is 10.2 Å². The third-order valence-corrected chi connectivity index (χ3v) is 2.79. The van der Waals surface area contributed by atoms with Crippen LogP contribution in [0, 0.1) is 0 Å². The van der Waals surface area contributed by atoms with Crippen LogP contribution in [0.1, 0.15) is 43.7 Å². The fourth-order valence-electron chi connectivity index (χ4n) is 1.68. The highest BCUT2D eigenvalue weighted by molar-refractivity contribution is 5.95. The second-order valence-corrected chi connectivity index (χ2v) is 5.56. The Bertz CT molecular complexity index is 407. The zero-order valence-corrected chi connectivity index (χ0v) is 12.0. The average molecular weight is 254 g/mol. The van der Waals surface area contributed by atoms with Gasteiger partial charge >= 0.3 is 0 Å². The van der Waals surface area contributed by atoms with Gasteiger partial charge in [-0.25, -0.2) is 0 Å². The second kappa shape index (κ2) is 5.52. The Morgan fingerprint density at radius 1 is 1.56 bits per heavy atom. The van der Waals surface area contributed by atoms with Gasteiger partial charge in [0, 0.05) is 26.1 Å². The molecule has 0 saturated carbocycles. The van der Waals surface area contributed by atoms with Crippen LogP contribution < -0.4 is 0 Å². The summed E-state index contributed by atoms with van der Waals surface area (Å²) in [6.45, 7) is 8.45. The maximum atomic E-state index is 12.3. The lowest BCUT2D eigenvalue weighted by molar-refractivity contribution is 0.0597. The van der Waals surface area contributed by atoms with Crippen molar-refractivity contribution < 1.29 is 14.1 Å². The Kier molecular flexibility index (Phi) is 4.51. The van der Waals surface area contributed by atoms with Crippen LogP contribution in [-0.4, -0.2) is 42.8 Å². The first-order chi connectivity index (χ1) is 8.27. The van der Waals surface area contributed by atoms with Crippen molar-refractivity contribution in [2.75, 3.05) is 20.7 Å². The Labute approximate surface area is 108 Å². The largest absolute Gasteiger partial charge is 0.380 e. The van der Waals surface area contributed by atoms with Gasteiger partial charge in [0.15, 0.2) is 0 Å². The molecule has 0 fully saturated rings. The minimum atomic E-state index is -0.217. The first-order valence-corrected chi connectivity index (χ1v) is 6.00. The lowest BCUT2D eigenvalue weighted by Crippen LogP contribution is -2.35. The van der Waals surface area contributed by atoms with E-state index in [4.69, 9.17) is 9.26 Å². The molecule has 0 N–H and O–H groups in total. The highest BCUT2D eigenvalue weighted by atomic mass is 16.5. The number of ether oxygens (including phenoxy) is 1. The fraction of sp³-hybridized carbons (Fsp3) is 0.692. The molecule has 5 nitrogen and oxygen atoms in total. The predicted octanol–water partition coefficient (Wildman–Crippen LogP) is 2.08. The molecule has 0 spiro atoms. The van der Waals surface area contributed by atoms with Gasteiger partial charge < -0.3 is 14.2 Å². The van der Waals surface area contributed by atoms with Crippen molar-refractivity contribution in [1.29, 1.82) is 0 Å². The van der Waals surface area contributed by atoms with Crippen LogP contribution in [0.3, 0.4) is 0 Å². The van der Waals surface area contributed by atoms with Gasteiger partial charge in [0.2, 0.25) is 0 Å². The average Bonchev–Trinajstić information content (AvgIpc) is 2.76. The second-order valence-electron chi connectivity index (χ2n) is 5.56. The first-order valence-electron chi connectivity index (χ1n) is 6.00. The summed E-state index contributed by atoms with van der Waals surface area (Å²) in [7, 11) is 3.38. The molecule has 18 heavy (non-hydrogen) atoms. The van der Waals surface area contributed by atoms with E-state index in [0.717, 1.165) is 0 Å². The Morgan fingerprint density at radius 3 is 2.67 bits per heavy atom. The molecule has 1 aromatic heterocycles. The summed E-state index contributed by atoms with van der Waals surface area (Å²) >= 11 is 0. The van der Waals surface area contributed by atoms with Gasteiger partial charge in [0.05, 0.1) is 6.10 Å². The summed E-state index contributed by atoms with van der Waals surface area (Å²) in [5.74, 6) is -0.0925. The summed E-state index contributed by atoms with van der Waals surface area (Å²) in [6, 6.07) is 0. The van der Waals surface area contributed by atoms with E-state index in [2.05, 4.69) is 5.16 Å². The van der Waals surface area contributed by atoms with Gasteiger partial charge in [-0.05, 0) is 6.92 Å². The molecule has 102 valence electrons. The van der Waals surface area contributed by atoms with E-state index in [9.17, 15) is 4.79 Å². The van der Waals surface area contributed by atoms with Crippen molar-refractivity contribution in [1.82, 2.24) is 10.1 Å². The number of aromatic nitrogens is 1. The van der Waals surface area contributed by atoms with Gasteiger partial charge in [0.1, 0.15) is 17.5 Å². The molecule has 0 aliphatic heterocycles. The molecule has 1 heterocycles. The molecule has 1 aromatic rings. The van der Waals surface area contributed by atoms with Crippen LogP contribution in [0.15, 0.2) is 10.8 Å². The number of hydrogen-bond acceptors (Lipinski definition) is 4. The number of nitrogens with zero attached hydrogens (tertiary/aromatic N) is 2. The van der Waals surface area contributed by atoms with Crippen LogP contribution in [0.2, 0.25) is 0 Å². The van der Waals surface area contributed by atoms with Crippen LogP contribution >= 0.6 is 0 Å². The van der Waals surface area contributed by atoms with Crippen molar-refractivity contribution in [3.63, 3.8) is 0 Å². The maximum absolute atomic E-state index is 12.3. The minimum absolute atomic E-state index is 0.00287. The topological polar surface area (TPSA) is 55.6 Å². The Morgan fingerprint density at radius 2 is 2.17 bits per heavy atom. The SMILES string of the molecule is COC(C)CN(C)C(=O)c1conc1C(C)(C)C. The van der Waals surface area contributed by atoms with E-state index in [-0.39, 0.29) is 17.4 Å². The highest BCUT2D eigenvalue weighted by Crippen LogP contribution is 2.25. The molecule has 5 heteroatoms. The Hall–Kier alpha value is -1.36. The van der Waals surface area contributed by atoms with Crippen molar-refractivity contribution >= 4 is 5.91 Å². The first kappa shape index (κ1) is 14.7. The summed E-state index contributed by atoms with van der Waals surface area (Å²) in [5, 5.41) is 3.94. The standard InChI is InChI=1S/C13H22N2O3/c1-9(17-6)7-15(5)12(16)10-8-18-14-11(10)13(2,3)4/h8-9H,7H2,1-6H3. The monoisotopic (exact) mass is 254 g/mol. The van der Waals surface area contributed by atoms with Gasteiger partial charge in [-0.1, -0.05) is 25.9 Å². The number of rotatable bonds is 4. The van der Waals surface area contributed by atoms with Gasteiger partial charge in [-0.2, -0.15) is 0 Å². The third kappa shape index (κ3) is 3.32. The molecule has 0 saturated heterocycles. The van der Waals surface area contributed by atoms with Crippen LogP contribution in [0.5, 0.6) is 0 Å². The van der Waals surface area contributed by atoms with E-state index >= 15 is 0 Å². The lowest BCUT2D eigenvalue weighted by Gasteiger charge is -2.22. The zero-order chi connectivity index (χ0) is 13.9. The van der Waals surface area contributed by atoms with E-state index in [1.807, 2.05) is 27.7 Å². The van der Waals surface area contributed by atoms with E-state index < -0.39 is 0 Å². The smallest absolute Gasteiger partial charge is 0.258 e. The molecule has 0 aliphatic rings. The van der Waals surface area contributed by atoms with Gasteiger partial charge in [-0.3, -0.25) is 4.79 Å². The number of methoxy groups -OCH3 is 1. The number of carbonyl (C=O) groups excluding carboxylic acids is 1. The molecule has 1 atom stereocenters. The van der Waals surface area contributed by atoms with Crippen molar-refractivity contribution in [3.05, 3.63) is 17.5 Å². The zero-order valence-electron chi connectivity index (χ0n) is 12.0. The fourth-order valence-corrected chi connectivity index (χ4v) is 1.68.